The SMILES string of the molecule is COC(=O)Cc1ccc(C(C)(C)C(=O)OC)cc1. The van der Waals surface area contributed by atoms with Crippen LogP contribution in [0.1, 0.15) is 25.0 Å². The fourth-order valence-corrected chi connectivity index (χ4v) is 1.65. The molecule has 1 aromatic carbocycles. The zero-order valence-electron chi connectivity index (χ0n) is 11.1. The first-order valence-corrected chi connectivity index (χ1v) is 5.66. The van der Waals surface area contributed by atoms with Gasteiger partial charge in [-0.2, -0.15) is 0 Å². The van der Waals surface area contributed by atoms with Crippen LogP contribution in [0.15, 0.2) is 24.3 Å². The van der Waals surface area contributed by atoms with Crippen molar-refractivity contribution in [1.82, 2.24) is 0 Å². The maximum Gasteiger partial charge on any atom is 0.315 e. The molecule has 0 saturated heterocycles. The molecule has 1 aromatic rings. The van der Waals surface area contributed by atoms with Gasteiger partial charge in [0.1, 0.15) is 0 Å². The topological polar surface area (TPSA) is 52.6 Å². The Kier molecular flexibility index (Phi) is 4.48. The van der Waals surface area contributed by atoms with Crippen LogP contribution in [0.3, 0.4) is 0 Å². The fourth-order valence-electron chi connectivity index (χ4n) is 1.65. The lowest BCUT2D eigenvalue weighted by molar-refractivity contribution is -0.146. The Morgan fingerprint density at radius 2 is 1.61 bits per heavy atom. The second kappa shape index (κ2) is 5.67. The molecule has 0 radical (unpaired) electrons. The molecule has 0 spiro atoms. The van der Waals surface area contributed by atoms with Crippen molar-refractivity contribution in [2.75, 3.05) is 14.2 Å². The Bertz CT molecular complexity index is 432. The summed E-state index contributed by atoms with van der Waals surface area (Å²) in [6.45, 7) is 3.60. The predicted molar refractivity (Wildman–Crippen MR) is 67.2 cm³/mol. The van der Waals surface area contributed by atoms with E-state index >= 15 is 0 Å². The molecule has 0 saturated carbocycles. The molecule has 0 N–H and O–H groups in total. The van der Waals surface area contributed by atoms with Crippen molar-refractivity contribution < 1.29 is 19.1 Å². The quantitative estimate of drug-likeness (QED) is 0.765. The van der Waals surface area contributed by atoms with Crippen LogP contribution in [-0.4, -0.2) is 26.2 Å². The molecule has 4 nitrogen and oxygen atoms in total. The van der Waals surface area contributed by atoms with Crippen molar-refractivity contribution in [2.24, 2.45) is 0 Å². The maximum absolute atomic E-state index is 11.6. The lowest BCUT2D eigenvalue weighted by Gasteiger charge is -2.22. The van der Waals surface area contributed by atoms with Gasteiger partial charge in [-0.3, -0.25) is 9.59 Å². The van der Waals surface area contributed by atoms with Gasteiger partial charge in [0.15, 0.2) is 0 Å². The molecule has 0 heterocycles. The van der Waals surface area contributed by atoms with Crippen LogP contribution in [0.2, 0.25) is 0 Å². The van der Waals surface area contributed by atoms with Crippen LogP contribution in [0.4, 0.5) is 0 Å². The molecule has 0 atom stereocenters. The normalized spacial score (nSPS) is 10.9. The molecule has 0 bridgehead atoms. The highest BCUT2D eigenvalue weighted by Gasteiger charge is 2.30. The number of carbonyl (C=O) groups is 2. The molecule has 4 heteroatoms. The van der Waals surface area contributed by atoms with E-state index in [0.29, 0.717) is 0 Å². The number of rotatable bonds is 4. The summed E-state index contributed by atoms with van der Waals surface area (Å²) < 4.78 is 9.36. The molecule has 0 aliphatic carbocycles. The van der Waals surface area contributed by atoms with Gasteiger partial charge in [0.2, 0.25) is 0 Å². The first-order valence-electron chi connectivity index (χ1n) is 5.66. The van der Waals surface area contributed by atoms with Crippen molar-refractivity contribution in [3.8, 4) is 0 Å². The van der Waals surface area contributed by atoms with Gasteiger partial charge in [-0.15, -0.1) is 0 Å². The first-order chi connectivity index (χ1) is 8.41. The van der Waals surface area contributed by atoms with E-state index in [4.69, 9.17) is 4.74 Å². The Labute approximate surface area is 107 Å². The highest BCUT2D eigenvalue weighted by Crippen LogP contribution is 2.24. The van der Waals surface area contributed by atoms with Gasteiger partial charge in [-0.05, 0) is 25.0 Å². The number of hydrogen-bond acceptors (Lipinski definition) is 4. The van der Waals surface area contributed by atoms with Crippen LogP contribution in [0, 0.1) is 0 Å². The molecular formula is C14H18O4. The standard InChI is InChI=1S/C14H18O4/c1-14(2,13(16)18-4)11-7-5-10(6-8-11)9-12(15)17-3/h5-8H,9H2,1-4H3. The van der Waals surface area contributed by atoms with Gasteiger partial charge in [0.05, 0.1) is 26.1 Å². The van der Waals surface area contributed by atoms with Crippen molar-refractivity contribution in [1.29, 1.82) is 0 Å². The average molecular weight is 250 g/mol. The van der Waals surface area contributed by atoms with E-state index < -0.39 is 5.41 Å². The average Bonchev–Trinajstić information content (AvgIpc) is 2.38. The van der Waals surface area contributed by atoms with E-state index in [1.807, 2.05) is 24.3 Å². The molecule has 0 amide bonds. The Hall–Kier alpha value is -1.84. The summed E-state index contributed by atoms with van der Waals surface area (Å²) in [4.78, 5) is 22.8. The van der Waals surface area contributed by atoms with Crippen molar-refractivity contribution in [3.63, 3.8) is 0 Å². The number of ether oxygens (including phenoxy) is 2. The monoisotopic (exact) mass is 250 g/mol. The molecule has 98 valence electrons. The smallest absolute Gasteiger partial charge is 0.315 e. The summed E-state index contributed by atoms with van der Waals surface area (Å²) in [7, 11) is 2.73. The summed E-state index contributed by atoms with van der Waals surface area (Å²) in [5, 5.41) is 0. The first kappa shape index (κ1) is 14.2. The number of esters is 2. The highest BCUT2D eigenvalue weighted by molar-refractivity contribution is 5.82. The lowest BCUT2D eigenvalue weighted by atomic mass is 9.84. The Morgan fingerprint density at radius 3 is 2.06 bits per heavy atom. The van der Waals surface area contributed by atoms with Gasteiger partial charge in [0, 0.05) is 0 Å². The minimum atomic E-state index is -0.696. The molecule has 0 fully saturated rings. The third-order valence-corrected chi connectivity index (χ3v) is 2.95. The van der Waals surface area contributed by atoms with Gasteiger partial charge in [-0.1, -0.05) is 24.3 Å². The Morgan fingerprint density at radius 1 is 1.06 bits per heavy atom. The summed E-state index contributed by atoms with van der Waals surface area (Å²) in [6, 6.07) is 7.29. The van der Waals surface area contributed by atoms with E-state index in [1.54, 1.807) is 13.8 Å². The molecule has 0 aromatic heterocycles. The van der Waals surface area contributed by atoms with Crippen molar-refractivity contribution in [3.05, 3.63) is 35.4 Å². The van der Waals surface area contributed by atoms with Crippen LogP contribution in [0.5, 0.6) is 0 Å². The highest BCUT2D eigenvalue weighted by atomic mass is 16.5. The third kappa shape index (κ3) is 3.09. The van der Waals surface area contributed by atoms with E-state index in [1.165, 1.54) is 14.2 Å². The maximum atomic E-state index is 11.6. The summed E-state index contributed by atoms with van der Waals surface area (Å²) in [5.41, 5.74) is 1.01. The second-order valence-electron chi connectivity index (χ2n) is 4.57. The van der Waals surface area contributed by atoms with Gasteiger partial charge < -0.3 is 9.47 Å². The summed E-state index contributed by atoms with van der Waals surface area (Å²) in [6.07, 6.45) is 0.232. The number of hydrogen-bond donors (Lipinski definition) is 0. The largest absolute Gasteiger partial charge is 0.469 e. The van der Waals surface area contributed by atoms with E-state index in [-0.39, 0.29) is 18.4 Å². The number of carbonyl (C=O) groups excluding carboxylic acids is 2. The van der Waals surface area contributed by atoms with E-state index in [9.17, 15) is 9.59 Å². The Balaban J connectivity index is 2.89. The third-order valence-electron chi connectivity index (χ3n) is 2.95. The zero-order valence-corrected chi connectivity index (χ0v) is 11.1. The summed E-state index contributed by atoms with van der Waals surface area (Å²) >= 11 is 0. The molecule has 0 aliphatic rings. The van der Waals surface area contributed by atoms with Crippen LogP contribution < -0.4 is 0 Å². The zero-order chi connectivity index (χ0) is 13.8. The van der Waals surface area contributed by atoms with Gasteiger partial charge >= 0.3 is 11.9 Å². The van der Waals surface area contributed by atoms with Crippen LogP contribution >= 0.6 is 0 Å². The number of methoxy groups -OCH3 is 2. The minimum Gasteiger partial charge on any atom is -0.469 e. The second-order valence-corrected chi connectivity index (χ2v) is 4.57. The minimum absolute atomic E-state index is 0.232. The van der Waals surface area contributed by atoms with Gasteiger partial charge in [0.25, 0.3) is 0 Å². The molecular weight excluding hydrogens is 232 g/mol. The molecule has 18 heavy (non-hydrogen) atoms. The van der Waals surface area contributed by atoms with Crippen molar-refractivity contribution in [2.45, 2.75) is 25.7 Å². The molecule has 1 rings (SSSR count). The summed E-state index contributed by atoms with van der Waals surface area (Å²) in [5.74, 6) is -0.571. The van der Waals surface area contributed by atoms with E-state index in [0.717, 1.165) is 11.1 Å². The number of benzene rings is 1. The fraction of sp³-hybridized carbons (Fsp3) is 0.429. The van der Waals surface area contributed by atoms with E-state index in [2.05, 4.69) is 4.74 Å². The van der Waals surface area contributed by atoms with Crippen molar-refractivity contribution >= 4 is 11.9 Å². The molecule has 0 unspecified atom stereocenters. The lowest BCUT2D eigenvalue weighted by Crippen LogP contribution is -2.30. The molecule has 0 aliphatic heterocycles. The van der Waals surface area contributed by atoms with Gasteiger partial charge in [-0.25, -0.2) is 0 Å². The van der Waals surface area contributed by atoms with Crippen LogP contribution in [-0.2, 0) is 30.9 Å². The van der Waals surface area contributed by atoms with Crippen LogP contribution in [0.25, 0.3) is 0 Å². The predicted octanol–water partition coefficient (Wildman–Crippen LogP) is 1.85.